The highest BCUT2D eigenvalue weighted by molar-refractivity contribution is 7.87. The topological polar surface area (TPSA) is 64.6 Å². The lowest BCUT2D eigenvalue weighted by Crippen LogP contribution is -2.11. The third-order valence-electron chi connectivity index (χ3n) is 4.67. The molecule has 3 aromatic rings. The highest BCUT2D eigenvalue weighted by Crippen LogP contribution is 2.38. The molecule has 0 atom stereocenters. The molecular formula is C23H24ClNO4S. The second kappa shape index (κ2) is 8.98. The maximum atomic E-state index is 12.6. The quantitative estimate of drug-likeness (QED) is 0.476. The minimum absolute atomic E-state index is 0.0322. The molecule has 0 radical (unpaired) electrons. The van der Waals surface area contributed by atoms with E-state index in [9.17, 15) is 8.42 Å². The third kappa shape index (κ3) is 5.07. The molecule has 0 aliphatic heterocycles. The summed E-state index contributed by atoms with van der Waals surface area (Å²) in [6, 6.07) is 16.0. The van der Waals surface area contributed by atoms with Crippen LogP contribution >= 0.6 is 11.6 Å². The monoisotopic (exact) mass is 445 g/mol. The Morgan fingerprint density at radius 1 is 0.933 bits per heavy atom. The van der Waals surface area contributed by atoms with E-state index in [4.69, 9.17) is 20.5 Å². The van der Waals surface area contributed by atoms with Gasteiger partial charge >= 0.3 is 10.1 Å². The van der Waals surface area contributed by atoms with Gasteiger partial charge in [-0.25, -0.2) is 0 Å². The van der Waals surface area contributed by atoms with Crippen LogP contribution in [-0.2, 0) is 16.7 Å². The van der Waals surface area contributed by atoms with Crippen molar-refractivity contribution in [2.75, 3.05) is 12.4 Å². The zero-order valence-electron chi connectivity index (χ0n) is 17.3. The molecule has 0 aromatic heterocycles. The Labute approximate surface area is 182 Å². The molecule has 3 aromatic carbocycles. The van der Waals surface area contributed by atoms with Gasteiger partial charge in [-0.3, -0.25) is 0 Å². The van der Waals surface area contributed by atoms with Crippen LogP contribution in [0.15, 0.2) is 59.5 Å². The lowest BCUT2D eigenvalue weighted by atomic mass is 10.1. The maximum Gasteiger partial charge on any atom is 0.339 e. The van der Waals surface area contributed by atoms with E-state index < -0.39 is 10.1 Å². The van der Waals surface area contributed by atoms with E-state index in [0.29, 0.717) is 6.54 Å². The molecule has 0 unspecified atom stereocenters. The van der Waals surface area contributed by atoms with E-state index >= 15 is 0 Å². The summed E-state index contributed by atoms with van der Waals surface area (Å²) >= 11 is 6.37. The first-order chi connectivity index (χ1) is 14.2. The van der Waals surface area contributed by atoms with Crippen LogP contribution in [0.1, 0.15) is 22.3 Å². The van der Waals surface area contributed by atoms with Crippen LogP contribution in [0, 0.1) is 20.8 Å². The second-order valence-corrected chi connectivity index (χ2v) is 9.08. The standard InChI is InChI=1S/C23H24ClNO4S/c1-15-6-9-19(10-7-15)30(26,27)29-23-20(24)12-18(13-22(23)28-4)14-25-21-11-16(2)5-8-17(21)3/h5-13,25H,14H2,1-4H3. The van der Waals surface area contributed by atoms with Crippen LogP contribution < -0.4 is 14.2 Å². The predicted octanol–water partition coefficient (Wildman–Crippen LogP) is 5.65. The second-order valence-electron chi connectivity index (χ2n) is 7.13. The average molecular weight is 446 g/mol. The van der Waals surface area contributed by atoms with Crippen LogP contribution in [0.4, 0.5) is 5.69 Å². The molecule has 30 heavy (non-hydrogen) atoms. The molecule has 7 heteroatoms. The van der Waals surface area contributed by atoms with Gasteiger partial charge in [0.15, 0.2) is 5.75 Å². The number of aryl methyl sites for hydroxylation is 3. The third-order valence-corrected chi connectivity index (χ3v) is 6.18. The largest absolute Gasteiger partial charge is 0.493 e. The molecule has 5 nitrogen and oxygen atoms in total. The molecule has 0 amide bonds. The molecule has 0 heterocycles. The summed E-state index contributed by atoms with van der Waals surface area (Å²) in [6.07, 6.45) is 0. The molecule has 0 bridgehead atoms. The number of nitrogens with one attached hydrogen (secondary N) is 1. The van der Waals surface area contributed by atoms with Gasteiger partial charge < -0.3 is 14.2 Å². The number of hydrogen-bond acceptors (Lipinski definition) is 5. The summed E-state index contributed by atoms with van der Waals surface area (Å²) in [5.74, 6) is 0.214. The van der Waals surface area contributed by atoms with E-state index in [2.05, 4.69) is 23.5 Å². The van der Waals surface area contributed by atoms with E-state index in [1.54, 1.807) is 24.3 Å². The minimum Gasteiger partial charge on any atom is -0.493 e. The molecule has 0 aliphatic rings. The Kier molecular flexibility index (Phi) is 6.58. The smallest absolute Gasteiger partial charge is 0.339 e. The summed E-state index contributed by atoms with van der Waals surface area (Å²) in [6.45, 7) is 6.43. The van der Waals surface area contributed by atoms with Gasteiger partial charge in [0.2, 0.25) is 5.75 Å². The maximum absolute atomic E-state index is 12.6. The first kappa shape index (κ1) is 22.0. The van der Waals surface area contributed by atoms with E-state index in [1.165, 1.54) is 19.2 Å². The number of hydrogen-bond donors (Lipinski definition) is 1. The Morgan fingerprint density at radius 2 is 1.60 bits per heavy atom. The highest BCUT2D eigenvalue weighted by Gasteiger charge is 2.22. The Morgan fingerprint density at radius 3 is 2.27 bits per heavy atom. The average Bonchev–Trinajstić information content (AvgIpc) is 2.70. The number of ether oxygens (including phenoxy) is 1. The normalized spacial score (nSPS) is 11.2. The van der Waals surface area contributed by atoms with Crippen molar-refractivity contribution in [3.63, 3.8) is 0 Å². The van der Waals surface area contributed by atoms with E-state index in [1.807, 2.05) is 20.8 Å². The van der Waals surface area contributed by atoms with Gasteiger partial charge in [-0.1, -0.05) is 41.4 Å². The fourth-order valence-electron chi connectivity index (χ4n) is 2.94. The number of benzene rings is 3. The van der Waals surface area contributed by atoms with Crippen LogP contribution in [0.25, 0.3) is 0 Å². The predicted molar refractivity (Wildman–Crippen MR) is 120 cm³/mol. The van der Waals surface area contributed by atoms with Crippen molar-refractivity contribution in [1.82, 2.24) is 0 Å². The van der Waals surface area contributed by atoms with Gasteiger partial charge in [0, 0.05) is 12.2 Å². The van der Waals surface area contributed by atoms with Gasteiger partial charge in [0.1, 0.15) is 4.90 Å². The molecular weight excluding hydrogens is 422 g/mol. The van der Waals surface area contributed by atoms with Crippen LogP contribution in [0.5, 0.6) is 11.5 Å². The van der Waals surface area contributed by atoms with Crippen molar-refractivity contribution in [2.24, 2.45) is 0 Å². The Hall–Kier alpha value is -2.70. The Balaban J connectivity index is 1.85. The van der Waals surface area contributed by atoms with E-state index in [-0.39, 0.29) is 21.4 Å². The molecule has 0 spiro atoms. The fourth-order valence-corrected chi connectivity index (χ4v) is 4.22. The first-order valence-corrected chi connectivity index (χ1v) is 11.2. The number of rotatable bonds is 7. The number of anilines is 1. The van der Waals surface area contributed by atoms with Crippen molar-refractivity contribution in [3.8, 4) is 11.5 Å². The van der Waals surface area contributed by atoms with Gasteiger partial charge in [-0.2, -0.15) is 8.42 Å². The summed E-state index contributed by atoms with van der Waals surface area (Å²) in [5, 5.41) is 3.53. The Bertz CT molecular complexity index is 1160. The van der Waals surface area contributed by atoms with Gasteiger partial charge in [-0.15, -0.1) is 0 Å². The zero-order chi connectivity index (χ0) is 21.9. The minimum atomic E-state index is -4.04. The molecule has 0 fully saturated rings. The molecule has 0 aliphatic carbocycles. The fraction of sp³-hybridized carbons (Fsp3) is 0.217. The summed E-state index contributed by atoms with van der Waals surface area (Å²) in [4.78, 5) is 0.0480. The van der Waals surface area contributed by atoms with Crippen molar-refractivity contribution in [3.05, 3.63) is 81.9 Å². The summed E-state index contributed by atoms with van der Waals surface area (Å²) in [5.41, 5.74) is 5.09. The zero-order valence-corrected chi connectivity index (χ0v) is 18.9. The van der Waals surface area contributed by atoms with E-state index in [0.717, 1.165) is 27.9 Å². The van der Waals surface area contributed by atoms with Gasteiger partial charge in [-0.05, 0) is 67.8 Å². The van der Waals surface area contributed by atoms with Crippen molar-refractivity contribution in [1.29, 1.82) is 0 Å². The first-order valence-electron chi connectivity index (χ1n) is 9.38. The lowest BCUT2D eigenvalue weighted by molar-refractivity contribution is 0.390. The van der Waals surface area contributed by atoms with Crippen molar-refractivity contribution < 1.29 is 17.3 Å². The molecule has 0 saturated heterocycles. The van der Waals surface area contributed by atoms with Crippen LogP contribution in [0.2, 0.25) is 5.02 Å². The molecule has 158 valence electrons. The molecule has 1 N–H and O–H groups in total. The highest BCUT2D eigenvalue weighted by atomic mass is 35.5. The summed E-state index contributed by atoms with van der Waals surface area (Å²) < 4.78 is 36.0. The SMILES string of the molecule is COc1cc(CNc2cc(C)ccc2C)cc(Cl)c1OS(=O)(=O)c1ccc(C)cc1. The van der Waals surface area contributed by atoms with Crippen LogP contribution in [-0.4, -0.2) is 15.5 Å². The van der Waals surface area contributed by atoms with Gasteiger partial charge in [0.05, 0.1) is 12.1 Å². The van der Waals surface area contributed by atoms with Gasteiger partial charge in [0.25, 0.3) is 0 Å². The number of halogens is 1. The summed E-state index contributed by atoms with van der Waals surface area (Å²) in [7, 11) is -2.60. The van der Waals surface area contributed by atoms with Crippen LogP contribution in [0.3, 0.4) is 0 Å². The number of methoxy groups -OCH3 is 1. The van der Waals surface area contributed by atoms with Crippen molar-refractivity contribution in [2.45, 2.75) is 32.2 Å². The van der Waals surface area contributed by atoms with Crippen molar-refractivity contribution >= 4 is 27.4 Å². The molecule has 3 rings (SSSR count). The lowest BCUT2D eigenvalue weighted by Gasteiger charge is -2.15. The molecule has 0 saturated carbocycles.